The Morgan fingerprint density at radius 2 is 2.11 bits per heavy atom. The lowest BCUT2D eigenvalue weighted by molar-refractivity contribution is 0.0595. The number of methoxy groups -OCH3 is 1. The Morgan fingerprint density at radius 1 is 1.33 bits per heavy atom. The van der Waals surface area contributed by atoms with Crippen molar-refractivity contribution in [3.05, 3.63) is 47.9 Å². The lowest BCUT2D eigenvalue weighted by Gasteiger charge is -2.08. The number of carbonyl (C=O) groups is 1. The van der Waals surface area contributed by atoms with Gasteiger partial charge in [-0.05, 0) is 29.8 Å². The molecule has 0 bridgehead atoms. The van der Waals surface area contributed by atoms with Crippen LogP contribution in [0.1, 0.15) is 10.5 Å². The number of nitrogens with two attached hydrogens (primary N) is 1. The summed E-state index contributed by atoms with van der Waals surface area (Å²) in [5, 5.41) is 0. The molecule has 0 amide bonds. The first-order valence-electron chi connectivity index (χ1n) is 5.22. The van der Waals surface area contributed by atoms with E-state index in [4.69, 9.17) is 5.73 Å². The van der Waals surface area contributed by atoms with E-state index in [2.05, 4.69) is 9.72 Å². The number of pyridine rings is 1. The minimum absolute atomic E-state index is 0.0723. The number of rotatable bonds is 2. The van der Waals surface area contributed by atoms with Gasteiger partial charge in [-0.25, -0.2) is 14.2 Å². The summed E-state index contributed by atoms with van der Waals surface area (Å²) in [6, 6.07) is 9.05. The van der Waals surface area contributed by atoms with Crippen molar-refractivity contribution in [2.24, 2.45) is 0 Å². The Balaban J connectivity index is 2.60. The predicted molar refractivity (Wildman–Crippen MR) is 65.4 cm³/mol. The maximum atomic E-state index is 13.2. The standard InChI is InChI=1S/C13H11FN2O2/c1-18-13(17)12-10(5-6-11(15)16-12)8-3-2-4-9(14)7-8/h2-7H,1H3,(H2,15,16). The monoisotopic (exact) mass is 246 g/mol. The molecule has 0 saturated heterocycles. The molecule has 0 aliphatic rings. The van der Waals surface area contributed by atoms with E-state index in [1.165, 1.54) is 19.2 Å². The van der Waals surface area contributed by atoms with Gasteiger partial charge < -0.3 is 10.5 Å². The zero-order valence-corrected chi connectivity index (χ0v) is 9.68. The highest BCUT2D eigenvalue weighted by Crippen LogP contribution is 2.24. The molecule has 5 heteroatoms. The van der Waals surface area contributed by atoms with Crippen molar-refractivity contribution in [2.75, 3.05) is 12.8 Å². The number of ether oxygens (including phenoxy) is 1. The molecule has 2 aromatic rings. The van der Waals surface area contributed by atoms with Crippen LogP contribution in [0.4, 0.5) is 10.2 Å². The van der Waals surface area contributed by atoms with Crippen LogP contribution in [0, 0.1) is 5.82 Å². The van der Waals surface area contributed by atoms with Gasteiger partial charge in [0.25, 0.3) is 0 Å². The van der Waals surface area contributed by atoms with Crippen molar-refractivity contribution >= 4 is 11.8 Å². The van der Waals surface area contributed by atoms with E-state index in [9.17, 15) is 9.18 Å². The maximum Gasteiger partial charge on any atom is 0.357 e. The molecule has 1 aromatic carbocycles. The van der Waals surface area contributed by atoms with Crippen LogP contribution >= 0.6 is 0 Å². The number of benzene rings is 1. The van der Waals surface area contributed by atoms with Crippen LogP contribution in [0.2, 0.25) is 0 Å². The third-order valence-electron chi connectivity index (χ3n) is 2.43. The summed E-state index contributed by atoms with van der Waals surface area (Å²) in [5.41, 5.74) is 6.63. The molecule has 0 atom stereocenters. The number of nitrogens with zero attached hydrogens (tertiary/aromatic N) is 1. The summed E-state index contributed by atoms with van der Waals surface area (Å²) in [6.45, 7) is 0. The first-order chi connectivity index (χ1) is 8.61. The zero-order chi connectivity index (χ0) is 13.1. The molecule has 0 spiro atoms. The van der Waals surface area contributed by atoms with Crippen LogP contribution < -0.4 is 5.73 Å². The molecule has 4 nitrogen and oxygen atoms in total. The molecule has 2 N–H and O–H groups in total. The Labute approximate surface area is 103 Å². The highest BCUT2D eigenvalue weighted by atomic mass is 19.1. The number of esters is 1. The molecule has 1 aromatic heterocycles. The summed E-state index contributed by atoms with van der Waals surface area (Å²) in [4.78, 5) is 15.5. The van der Waals surface area contributed by atoms with Crippen molar-refractivity contribution in [1.29, 1.82) is 0 Å². The second-order valence-corrected chi connectivity index (χ2v) is 3.63. The molecule has 92 valence electrons. The smallest absolute Gasteiger partial charge is 0.357 e. The number of hydrogen-bond donors (Lipinski definition) is 1. The van der Waals surface area contributed by atoms with Crippen LogP contribution in [0.3, 0.4) is 0 Å². The number of nitrogen functional groups attached to an aromatic ring is 1. The summed E-state index contributed by atoms with van der Waals surface area (Å²) in [7, 11) is 1.25. The molecule has 18 heavy (non-hydrogen) atoms. The molecule has 0 radical (unpaired) electrons. The van der Waals surface area contributed by atoms with Gasteiger partial charge in [0, 0.05) is 5.56 Å². The first kappa shape index (κ1) is 12.0. The number of aromatic nitrogens is 1. The number of halogens is 1. The minimum atomic E-state index is -0.610. The average molecular weight is 246 g/mol. The van der Waals surface area contributed by atoms with E-state index >= 15 is 0 Å². The van der Waals surface area contributed by atoms with E-state index in [0.29, 0.717) is 11.1 Å². The van der Waals surface area contributed by atoms with Crippen LogP contribution in [0.15, 0.2) is 36.4 Å². The van der Waals surface area contributed by atoms with Crippen molar-refractivity contribution in [1.82, 2.24) is 4.98 Å². The molecule has 2 rings (SSSR count). The summed E-state index contributed by atoms with van der Waals surface area (Å²) >= 11 is 0. The van der Waals surface area contributed by atoms with E-state index in [1.807, 2.05) is 0 Å². The topological polar surface area (TPSA) is 65.2 Å². The third-order valence-corrected chi connectivity index (χ3v) is 2.43. The second-order valence-electron chi connectivity index (χ2n) is 3.63. The van der Waals surface area contributed by atoms with Crippen molar-refractivity contribution < 1.29 is 13.9 Å². The fourth-order valence-electron chi connectivity index (χ4n) is 1.62. The molecule has 0 unspecified atom stereocenters. The predicted octanol–water partition coefficient (Wildman–Crippen LogP) is 2.26. The lowest BCUT2D eigenvalue weighted by atomic mass is 10.0. The SMILES string of the molecule is COC(=O)c1nc(N)ccc1-c1cccc(F)c1. The van der Waals surface area contributed by atoms with Gasteiger partial charge in [-0.2, -0.15) is 0 Å². The Kier molecular flexibility index (Phi) is 3.23. The minimum Gasteiger partial charge on any atom is -0.464 e. The molecule has 0 aliphatic carbocycles. The van der Waals surface area contributed by atoms with Crippen molar-refractivity contribution in [3.63, 3.8) is 0 Å². The summed E-state index contributed by atoms with van der Waals surface area (Å²) < 4.78 is 17.8. The first-order valence-corrected chi connectivity index (χ1v) is 5.22. The highest BCUT2D eigenvalue weighted by molar-refractivity contribution is 5.95. The Morgan fingerprint density at radius 3 is 2.78 bits per heavy atom. The quantitative estimate of drug-likeness (QED) is 0.825. The number of hydrogen-bond acceptors (Lipinski definition) is 4. The van der Waals surface area contributed by atoms with Crippen LogP contribution in [-0.2, 0) is 4.74 Å². The van der Waals surface area contributed by atoms with Crippen LogP contribution in [0.25, 0.3) is 11.1 Å². The van der Waals surface area contributed by atoms with Gasteiger partial charge in [-0.3, -0.25) is 0 Å². The van der Waals surface area contributed by atoms with Gasteiger partial charge in [0.05, 0.1) is 7.11 Å². The molecule has 0 fully saturated rings. The van der Waals surface area contributed by atoms with Crippen LogP contribution in [-0.4, -0.2) is 18.1 Å². The lowest BCUT2D eigenvalue weighted by Crippen LogP contribution is -2.08. The largest absolute Gasteiger partial charge is 0.464 e. The van der Waals surface area contributed by atoms with Crippen LogP contribution in [0.5, 0.6) is 0 Å². The Bertz CT molecular complexity index is 599. The van der Waals surface area contributed by atoms with Gasteiger partial charge in [-0.1, -0.05) is 12.1 Å². The van der Waals surface area contributed by atoms with Gasteiger partial charge in [-0.15, -0.1) is 0 Å². The average Bonchev–Trinajstić information content (AvgIpc) is 2.37. The third kappa shape index (κ3) is 2.29. The van der Waals surface area contributed by atoms with Crippen molar-refractivity contribution in [3.8, 4) is 11.1 Å². The van der Waals surface area contributed by atoms with E-state index < -0.39 is 5.97 Å². The molecular formula is C13H11FN2O2. The fourth-order valence-corrected chi connectivity index (χ4v) is 1.62. The van der Waals surface area contributed by atoms with E-state index in [-0.39, 0.29) is 17.3 Å². The summed E-state index contributed by atoms with van der Waals surface area (Å²) in [6.07, 6.45) is 0. The number of carbonyl (C=O) groups excluding carboxylic acids is 1. The normalized spacial score (nSPS) is 10.1. The van der Waals surface area contributed by atoms with Gasteiger partial charge in [0.2, 0.25) is 0 Å². The van der Waals surface area contributed by atoms with Gasteiger partial charge in [0.15, 0.2) is 5.69 Å². The molecule has 1 heterocycles. The van der Waals surface area contributed by atoms with E-state index in [1.54, 1.807) is 24.3 Å². The molecule has 0 aliphatic heterocycles. The second kappa shape index (κ2) is 4.83. The van der Waals surface area contributed by atoms with Gasteiger partial charge in [0.1, 0.15) is 11.6 Å². The number of anilines is 1. The van der Waals surface area contributed by atoms with Crippen molar-refractivity contribution in [2.45, 2.75) is 0 Å². The fraction of sp³-hybridized carbons (Fsp3) is 0.0769. The highest BCUT2D eigenvalue weighted by Gasteiger charge is 2.15. The molecule has 0 saturated carbocycles. The zero-order valence-electron chi connectivity index (χ0n) is 9.68. The van der Waals surface area contributed by atoms with Gasteiger partial charge >= 0.3 is 5.97 Å². The molecular weight excluding hydrogens is 235 g/mol. The maximum absolute atomic E-state index is 13.2. The van der Waals surface area contributed by atoms with E-state index in [0.717, 1.165) is 0 Å². The Hall–Kier alpha value is -2.43. The summed E-state index contributed by atoms with van der Waals surface area (Å²) in [5.74, 6) is -0.794.